The fourth-order valence-electron chi connectivity index (χ4n) is 3.56. The van der Waals surface area contributed by atoms with E-state index in [1.165, 1.54) is 0 Å². The van der Waals surface area contributed by atoms with Gasteiger partial charge in [0.05, 0.1) is 19.0 Å². The molecule has 4 aromatic rings. The van der Waals surface area contributed by atoms with E-state index < -0.39 is 0 Å². The second-order valence-electron chi connectivity index (χ2n) is 7.73. The first kappa shape index (κ1) is 22.3. The average molecular weight is 450 g/mol. The maximum absolute atomic E-state index is 11.0. The van der Waals surface area contributed by atoms with Crippen molar-refractivity contribution in [3.63, 3.8) is 0 Å². The standard InChI is InChI=1S/C23H27N7O3/c1-33-20-8-6-17(7-9-20)15-29-12-10-18-13-24-23(27-22(18)29)26-19-14-25-30(16-19)11-4-2-3-5-21(31)28-32/h6-10,12-14,16,32H,2-5,11,15H2,1H3,(H,28,31)(H,24,26,27). The zero-order valence-corrected chi connectivity index (χ0v) is 18.4. The van der Waals surface area contributed by atoms with Gasteiger partial charge in [-0.05, 0) is 36.6 Å². The van der Waals surface area contributed by atoms with E-state index in [0.717, 1.165) is 53.8 Å². The molecule has 4 rings (SSSR count). The van der Waals surface area contributed by atoms with E-state index in [4.69, 9.17) is 14.9 Å². The van der Waals surface area contributed by atoms with E-state index in [2.05, 4.69) is 20.0 Å². The Morgan fingerprint density at radius 2 is 1.97 bits per heavy atom. The molecule has 0 unspecified atom stereocenters. The Morgan fingerprint density at radius 3 is 2.76 bits per heavy atom. The number of aryl methyl sites for hydroxylation is 1. The fraction of sp³-hybridized carbons (Fsp3) is 0.304. The number of carbonyl (C=O) groups is 1. The molecule has 1 amide bonds. The van der Waals surface area contributed by atoms with Gasteiger partial charge in [0.25, 0.3) is 0 Å². The number of hydrogen-bond donors (Lipinski definition) is 3. The van der Waals surface area contributed by atoms with Crippen LogP contribution in [-0.4, -0.2) is 42.5 Å². The molecule has 3 aromatic heterocycles. The third-order valence-corrected chi connectivity index (χ3v) is 5.32. The Morgan fingerprint density at radius 1 is 1.12 bits per heavy atom. The molecule has 0 saturated heterocycles. The van der Waals surface area contributed by atoms with Gasteiger partial charge in [-0.3, -0.25) is 14.7 Å². The minimum absolute atomic E-state index is 0.322. The van der Waals surface area contributed by atoms with Gasteiger partial charge in [0, 0.05) is 43.5 Å². The zero-order chi connectivity index (χ0) is 23.0. The Balaban J connectivity index is 1.36. The van der Waals surface area contributed by atoms with Crippen molar-refractivity contribution in [1.29, 1.82) is 0 Å². The Kier molecular flexibility index (Phi) is 7.16. The molecule has 0 bridgehead atoms. The van der Waals surface area contributed by atoms with Crippen molar-refractivity contribution in [2.24, 2.45) is 0 Å². The van der Waals surface area contributed by atoms with Crippen LogP contribution in [0.25, 0.3) is 11.0 Å². The predicted molar refractivity (Wildman–Crippen MR) is 124 cm³/mol. The molecule has 10 nitrogen and oxygen atoms in total. The summed E-state index contributed by atoms with van der Waals surface area (Å²) in [4.78, 5) is 20.1. The van der Waals surface area contributed by atoms with Crippen LogP contribution in [0.5, 0.6) is 5.75 Å². The lowest BCUT2D eigenvalue weighted by atomic mass is 10.2. The van der Waals surface area contributed by atoms with Crippen molar-refractivity contribution < 1.29 is 14.7 Å². The van der Waals surface area contributed by atoms with Crippen molar-refractivity contribution in [2.45, 2.75) is 38.8 Å². The molecule has 0 spiro atoms. The minimum Gasteiger partial charge on any atom is -0.497 e. The molecular formula is C23H27N7O3. The monoisotopic (exact) mass is 449 g/mol. The van der Waals surface area contributed by atoms with Gasteiger partial charge in [0.15, 0.2) is 0 Å². The summed E-state index contributed by atoms with van der Waals surface area (Å²) < 4.78 is 9.16. The maximum atomic E-state index is 11.0. The van der Waals surface area contributed by atoms with Gasteiger partial charge >= 0.3 is 0 Å². The van der Waals surface area contributed by atoms with Crippen LogP contribution in [-0.2, 0) is 17.9 Å². The second-order valence-corrected chi connectivity index (χ2v) is 7.73. The number of hydroxylamine groups is 1. The molecule has 33 heavy (non-hydrogen) atoms. The van der Waals surface area contributed by atoms with Crippen LogP contribution < -0.4 is 15.5 Å². The van der Waals surface area contributed by atoms with Gasteiger partial charge in [-0.1, -0.05) is 18.6 Å². The average Bonchev–Trinajstić information content (AvgIpc) is 3.46. The van der Waals surface area contributed by atoms with Crippen molar-refractivity contribution in [2.75, 3.05) is 12.4 Å². The molecule has 0 saturated carbocycles. The van der Waals surface area contributed by atoms with Crippen LogP contribution in [0, 0.1) is 0 Å². The largest absolute Gasteiger partial charge is 0.497 e. The number of nitrogens with one attached hydrogen (secondary N) is 2. The lowest BCUT2D eigenvalue weighted by Gasteiger charge is -2.07. The molecule has 0 aliphatic heterocycles. The van der Waals surface area contributed by atoms with Gasteiger partial charge in [-0.15, -0.1) is 0 Å². The first-order valence-electron chi connectivity index (χ1n) is 10.8. The van der Waals surface area contributed by atoms with Crippen molar-refractivity contribution in [3.05, 3.63) is 60.7 Å². The van der Waals surface area contributed by atoms with E-state index in [9.17, 15) is 4.79 Å². The minimum atomic E-state index is -0.354. The number of unbranched alkanes of at least 4 members (excludes halogenated alkanes) is 2. The number of aromatic nitrogens is 5. The zero-order valence-electron chi connectivity index (χ0n) is 18.4. The van der Waals surface area contributed by atoms with Crippen molar-refractivity contribution in [3.8, 4) is 5.75 Å². The SMILES string of the molecule is COc1ccc(Cn2ccc3cnc(Nc4cnn(CCCCCC(=O)NO)c4)nc32)cc1. The molecule has 0 aliphatic rings. The molecular weight excluding hydrogens is 422 g/mol. The van der Waals surface area contributed by atoms with Gasteiger partial charge in [0.2, 0.25) is 11.9 Å². The van der Waals surface area contributed by atoms with E-state index >= 15 is 0 Å². The number of carbonyl (C=O) groups excluding carboxylic acids is 1. The predicted octanol–water partition coefficient (Wildman–Crippen LogP) is 3.49. The molecule has 3 N–H and O–H groups in total. The summed E-state index contributed by atoms with van der Waals surface area (Å²) >= 11 is 0. The maximum Gasteiger partial charge on any atom is 0.243 e. The van der Waals surface area contributed by atoms with Crippen molar-refractivity contribution in [1.82, 2.24) is 29.8 Å². The lowest BCUT2D eigenvalue weighted by Crippen LogP contribution is -2.17. The highest BCUT2D eigenvalue weighted by Gasteiger charge is 2.08. The van der Waals surface area contributed by atoms with Gasteiger partial charge in [0.1, 0.15) is 11.4 Å². The number of hydrogen-bond acceptors (Lipinski definition) is 7. The Hall–Kier alpha value is -3.92. The summed E-state index contributed by atoms with van der Waals surface area (Å²) in [5.41, 5.74) is 4.46. The summed E-state index contributed by atoms with van der Waals surface area (Å²) in [6, 6.07) is 9.99. The van der Waals surface area contributed by atoms with Crippen LogP contribution in [0.4, 0.5) is 11.6 Å². The van der Waals surface area contributed by atoms with Crippen molar-refractivity contribution >= 4 is 28.6 Å². The van der Waals surface area contributed by atoms with Crippen LogP contribution in [0.3, 0.4) is 0 Å². The van der Waals surface area contributed by atoms with Crippen LogP contribution >= 0.6 is 0 Å². The van der Waals surface area contributed by atoms with E-state index in [0.29, 0.717) is 18.9 Å². The third kappa shape index (κ3) is 5.86. The summed E-state index contributed by atoms with van der Waals surface area (Å²) in [5, 5.41) is 17.1. The number of methoxy groups -OCH3 is 1. The first-order chi connectivity index (χ1) is 16.1. The highest BCUT2D eigenvalue weighted by molar-refractivity contribution is 5.77. The summed E-state index contributed by atoms with van der Waals surface area (Å²) in [6.07, 6.45) is 10.3. The molecule has 3 heterocycles. The van der Waals surface area contributed by atoms with E-state index in [1.807, 2.05) is 53.6 Å². The summed E-state index contributed by atoms with van der Waals surface area (Å²) in [5.74, 6) is 0.985. The summed E-state index contributed by atoms with van der Waals surface area (Å²) in [6.45, 7) is 1.44. The second kappa shape index (κ2) is 10.6. The fourth-order valence-corrected chi connectivity index (χ4v) is 3.56. The number of anilines is 2. The molecule has 10 heteroatoms. The quantitative estimate of drug-likeness (QED) is 0.182. The molecule has 0 atom stereocenters. The number of ether oxygens (including phenoxy) is 1. The number of fused-ring (bicyclic) bond motifs is 1. The topological polar surface area (TPSA) is 119 Å². The first-order valence-corrected chi connectivity index (χ1v) is 10.8. The van der Waals surface area contributed by atoms with Gasteiger partial charge < -0.3 is 14.6 Å². The Bertz CT molecular complexity index is 1200. The molecule has 172 valence electrons. The van der Waals surface area contributed by atoms with Gasteiger partial charge in [-0.25, -0.2) is 10.5 Å². The smallest absolute Gasteiger partial charge is 0.243 e. The highest BCUT2D eigenvalue weighted by atomic mass is 16.5. The molecule has 1 aromatic carbocycles. The normalized spacial score (nSPS) is 11.0. The Labute approximate surface area is 191 Å². The summed E-state index contributed by atoms with van der Waals surface area (Å²) in [7, 11) is 1.66. The van der Waals surface area contributed by atoms with Crippen LogP contribution in [0.1, 0.15) is 31.2 Å². The number of amides is 1. The van der Waals surface area contributed by atoms with Gasteiger partial charge in [-0.2, -0.15) is 10.1 Å². The molecule has 0 radical (unpaired) electrons. The number of rotatable bonds is 11. The van der Waals surface area contributed by atoms with Crippen LogP contribution in [0.2, 0.25) is 0 Å². The highest BCUT2D eigenvalue weighted by Crippen LogP contribution is 2.19. The van der Waals surface area contributed by atoms with Crippen LogP contribution in [0.15, 0.2) is 55.1 Å². The molecule has 0 fully saturated rings. The lowest BCUT2D eigenvalue weighted by molar-refractivity contribution is -0.129. The van der Waals surface area contributed by atoms with E-state index in [1.54, 1.807) is 18.8 Å². The number of nitrogens with zero attached hydrogens (tertiary/aromatic N) is 5. The number of benzene rings is 1. The third-order valence-electron chi connectivity index (χ3n) is 5.32. The van der Waals surface area contributed by atoms with E-state index in [-0.39, 0.29) is 5.91 Å². The molecule has 0 aliphatic carbocycles.